The molecule has 3 N–H and O–H groups in total. The third-order valence-corrected chi connectivity index (χ3v) is 2.14. The first-order chi connectivity index (χ1) is 5.84. The van der Waals surface area contributed by atoms with Gasteiger partial charge in [0.05, 0.1) is 0 Å². The van der Waals surface area contributed by atoms with E-state index in [2.05, 4.69) is 18.0 Å². The number of rotatable bonds is 5. The fraction of sp³-hybridized carbons (Fsp3) is 0.600. The molecule has 68 valence electrons. The molecule has 12 heavy (non-hydrogen) atoms. The van der Waals surface area contributed by atoms with Crippen molar-refractivity contribution >= 4 is 0 Å². The molecule has 0 fully saturated rings. The van der Waals surface area contributed by atoms with E-state index in [1.54, 1.807) is 0 Å². The van der Waals surface area contributed by atoms with Gasteiger partial charge < -0.3 is 10.7 Å². The molecule has 0 aliphatic rings. The Morgan fingerprint density at radius 2 is 2.33 bits per heavy atom. The van der Waals surface area contributed by atoms with Crippen LogP contribution in [0.5, 0.6) is 0 Å². The summed E-state index contributed by atoms with van der Waals surface area (Å²) in [5.41, 5.74) is 7.11. The van der Waals surface area contributed by atoms with Crippen LogP contribution in [0, 0.1) is 0 Å². The number of H-pyrrole nitrogens is 1. The van der Waals surface area contributed by atoms with E-state index < -0.39 is 0 Å². The lowest BCUT2D eigenvalue weighted by Crippen LogP contribution is -2.10. The van der Waals surface area contributed by atoms with Crippen LogP contribution in [-0.4, -0.2) is 4.98 Å². The number of nitrogens with one attached hydrogen (secondary N) is 1. The minimum Gasteiger partial charge on any atom is -0.364 e. The van der Waals surface area contributed by atoms with Crippen LogP contribution in [0.4, 0.5) is 0 Å². The van der Waals surface area contributed by atoms with Crippen molar-refractivity contribution in [1.29, 1.82) is 0 Å². The van der Waals surface area contributed by atoms with E-state index in [0.29, 0.717) is 0 Å². The fourth-order valence-electron chi connectivity index (χ4n) is 1.34. The molecular formula is C10H18N2. The summed E-state index contributed by atoms with van der Waals surface area (Å²) in [5.74, 6) is 0. The average Bonchev–Trinajstić information content (AvgIpc) is 2.56. The number of aromatic nitrogens is 1. The molecule has 1 aromatic heterocycles. The summed E-state index contributed by atoms with van der Waals surface area (Å²) in [6, 6.07) is 4.25. The Bertz CT molecular complexity index is 192. The first-order valence-corrected chi connectivity index (χ1v) is 4.73. The first kappa shape index (κ1) is 9.33. The van der Waals surface area contributed by atoms with Crippen molar-refractivity contribution in [3.63, 3.8) is 0 Å². The third-order valence-electron chi connectivity index (χ3n) is 2.14. The summed E-state index contributed by atoms with van der Waals surface area (Å²) in [7, 11) is 0. The zero-order valence-electron chi connectivity index (χ0n) is 7.72. The quantitative estimate of drug-likeness (QED) is 0.649. The van der Waals surface area contributed by atoms with Gasteiger partial charge in [0.2, 0.25) is 0 Å². The van der Waals surface area contributed by atoms with Gasteiger partial charge in [0.25, 0.3) is 0 Å². The molecule has 0 aromatic carbocycles. The summed E-state index contributed by atoms with van der Waals surface area (Å²) in [4.78, 5) is 3.14. The lowest BCUT2D eigenvalue weighted by atomic mass is 10.1. The molecule has 2 heteroatoms. The van der Waals surface area contributed by atoms with Crippen LogP contribution in [0.1, 0.15) is 44.3 Å². The van der Waals surface area contributed by atoms with Crippen molar-refractivity contribution in [3.8, 4) is 0 Å². The van der Waals surface area contributed by atoms with E-state index >= 15 is 0 Å². The molecule has 0 aliphatic heterocycles. The lowest BCUT2D eigenvalue weighted by Gasteiger charge is -2.08. The molecule has 2 nitrogen and oxygen atoms in total. The largest absolute Gasteiger partial charge is 0.364 e. The van der Waals surface area contributed by atoms with Gasteiger partial charge in [0, 0.05) is 17.9 Å². The van der Waals surface area contributed by atoms with Gasteiger partial charge in [-0.25, -0.2) is 0 Å². The summed E-state index contributed by atoms with van der Waals surface area (Å²) < 4.78 is 0. The Morgan fingerprint density at radius 1 is 1.50 bits per heavy atom. The van der Waals surface area contributed by atoms with Gasteiger partial charge in [0.1, 0.15) is 0 Å². The van der Waals surface area contributed by atoms with Crippen LogP contribution in [0.25, 0.3) is 0 Å². The molecule has 1 aromatic rings. The second kappa shape index (κ2) is 4.99. The summed E-state index contributed by atoms with van der Waals surface area (Å²) in [6.07, 6.45) is 6.80. The highest BCUT2D eigenvalue weighted by Crippen LogP contribution is 2.14. The molecule has 0 spiro atoms. The van der Waals surface area contributed by atoms with Gasteiger partial charge >= 0.3 is 0 Å². The number of hydrogen-bond donors (Lipinski definition) is 2. The van der Waals surface area contributed by atoms with Gasteiger partial charge in [0.15, 0.2) is 0 Å². The Balaban J connectivity index is 2.25. The maximum atomic E-state index is 5.95. The molecule has 1 rings (SSSR count). The highest BCUT2D eigenvalue weighted by Gasteiger charge is 2.04. The molecule has 0 bridgehead atoms. The molecule has 0 saturated heterocycles. The van der Waals surface area contributed by atoms with Crippen LogP contribution in [0.2, 0.25) is 0 Å². The highest BCUT2D eigenvalue weighted by molar-refractivity contribution is 5.07. The Hall–Kier alpha value is -0.760. The fourth-order valence-corrected chi connectivity index (χ4v) is 1.34. The summed E-state index contributed by atoms with van der Waals surface area (Å²) in [5, 5.41) is 0. The second-order valence-corrected chi connectivity index (χ2v) is 3.23. The van der Waals surface area contributed by atoms with E-state index in [4.69, 9.17) is 5.73 Å². The van der Waals surface area contributed by atoms with E-state index in [-0.39, 0.29) is 6.04 Å². The zero-order valence-corrected chi connectivity index (χ0v) is 7.72. The summed E-state index contributed by atoms with van der Waals surface area (Å²) in [6.45, 7) is 2.21. The SMILES string of the molecule is CCCCC[C@@H](N)c1ccc[nH]1. The van der Waals surface area contributed by atoms with Crippen molar-refractivity contribution < 1.29 is 0 Å². The highest BCUT2D eigenvalue weighted by atomic mass is 14.8. The normalized spacial score (nSPS) is 13.2. The zero-order chi connectivity index (χ0) is 8.81. The number of aromatic amines is 1. The third kappa shape index (κ3) is 2.70. The Kier molecular flexibility index (Phi) is 3.88. The maximum Gasteiger partial charge on any atom is 0.0447 e. The van der Waals surface area contributed by atoms with E-state index in [0.717, 1.165) is 12.1 Å². The van der Waals surface area contributed by atoms with E-state index in [1.807, 2.05) is 12.3 Å². The maximum absolute atomic E-state index is 5.95. The topological polar surface area (TPSA) is 41.8 Å². The predicted molar refractivity (Wildman–Crippen MR) is 51.9 cm³/mol. The number of unbranched alkanes of at least 4 members (excludes halogenated alkanes) is 2. The summed E-state index contributed by atoms with van der Waals surface area (Å²) >= 11 is 0. The standard InChI is InChI=1S/C10H18N2/c1-2-3-4-6-9(11)10-7-5-8-12-10/h5,7-9,12H,2-4,6,11H2,1H3/t9-/m1/s1. The van der Waals surface area contributed by atoms with Crippen molar-refractivity contribution in [1.82, 2.24) is 4.98 Å². The molecular weight excluding hydrogens is 148 g/mol. The van der Waals surface area contributed by atoms with Crippen molar-refractivity contribution in [2.75, 3.05) is 0 Å². The Labute approximate surface area is 74.2 Å². The molecule has 0 unspecified atom stereocenters. The molecule has 1 atom stereocenters. The molecule has 0 aliphatic carbocycles. The number of hydrogen-bond acceptors (Lipinski definition) is 1. The van der Waals surface area contributed by atoms with Gasteiger partial charge in [-0.2, -0.15) is 0 Å². The monoisotopic (exact) mass is 166 g/mol. The van der Waals surface area contributed by atoms with Gasteiger partial charge in [-0.05, 0) is 18.6 Å². The van der Waals surface area contributed by atoms with Crippen molar-refractivity contribution in [3.05, 3.63) is 24.0 Å². The van der Waals surface area contributed by atoms with Gasteiger partial charge in [-0.3, -0.25) is 0 Å². The smallest absolute Gasteiger partial charge is 0.0447 e. The van der Waals surface area contributed by atoms with E-state index in [1.165, 1.54) is 19.3 Å². The van der Waals surface area contributed by atoms with Gasteiger partial charge in [-0.1, -0.05) is 26.2 Å². The molecule has 0 saturated carbocycles. The van der Waals surface area contributed by atoms with Crippen LogP contribution < -0.4 is 5.73 Å². The van der Waals surface area contributed by atoms with Crippen LogP contribution in [0.3, 0.4) is 0 Å². The molecule has 1 heterocycles. The van der Waals surface area contributed by atoms with Crippen LogP contribution >= 0.6 is 0 Å². The second-order valence-electron chi connectivity index (χ2n) is 3.23. The molecule has 0 radical (unpaired) electrons. The van der Waals surface area contributed by atoms with Crippen molar-refractivity contribution in [2.45, 2.75) is 38.6 Å². The van der Waals surface area contributed by atoms with Crippen LogP contribution in [-0.2, 0) is 0 Å². The minimum atomic E-state index is 0.201. The Morgan fingerprint density at radius 3 is 2.92 bits per heavy atom. The average molecular weight is 166 g/mol. The number of nitrogens with two attached hydrogens (primary N) is 1. The van der Waals surface area contributed by atoms with Gasteiger partial charge in [-0.15, -0.1) is 0 Å². The van der Waals surface area contributed by atoms with E-state index in [9.17, 15) is 0 Å². The lowest BCUT2D eigenvalue weighted by molar-refractivity contribution is 0.573. The predicted octanol–water partition coefficient (Wildman–Crippen LogP) is 2.59. The van der Waals surface area contributed by atoms with Crippen LogP contribution in [0.15, 0.2) is 18.3 Å². The molecule has 0 amide bonds. The minimum absolute atomic E-state index is 0.201. The van der Waals surface area contributed by atoms with Crippen molar-refractivity contribution in [2.24, 2.45) is 5.73 Å². The first-order valence-electron chi connectivity index (χ1n) is 4.73.